The molecule has 3 rings (SSSR count). The third-order valence-electron chi connectivity index (χ3n) is 3.25. The maximum absolute atomic E-state index is 13.6. The molecule has 100 valence electrons. The number of benzene rings is 2. The molecule has 0 saturated carbocycles. The molecule has 0 saturated heterocycles. The second-order valence-corrected chi connectivity index (χ2v) is 4.55. The average molecular weight is 270 g/mol. The fraction of sp³-hybridized carbons (Fsp3) is 0.0625. The second kappa shape index (κ2) is 4.49. The molecule has 1 heterocycles. The van der Waals surface area contributed by atoms with Crippen LogP contribution in [0.3, 0.4) is 0 Å². The van der Waals surface area contributed by atoms with E-state index in [2.05, 4.69) is 0 Å². The number of rotatable bonds is 1. The lowest BCUT2D eigenvalue weighted by atomic mass is 10.1. The van der Waals surface area contributed by atoms with Gasteiger partial charge < -0.3 is 9.84 Å². The molecule has 2 aromatic carbocycles. The summed E-state index contributed by atoms with van der Waals surface area (Å²) in [4.78, 5) is 12.2. The van der Waals surface area contributed by atoms with Crippen molar-refractivity contribution in [1.29, 1.82) is 0 Å². The third kappa shape index (κ3) is 1.86. The summed E-state index contributed by atoms with van der Waals surface area (Å²) in [6.45, 7) is 1.66. The molecule has 0 fully saturated rings. The molecule has 0 bridgehead atoms. The first-order valence-corrected chi connectivity index (χ1v) is 6.09. The number of carbonyl (C=O) groups excluding carboxylic acids is 1. The Labute approximate surface area is 114 Å². The van der Waals surface area contributed by atoms with Crippen LogP contribution in [-0.2, 0) is 0 Å². The molecule has 1 aliphatic rings. The van der Waals surface area contributed by atoms with Crippen molar-refractivity contribution in [3.05, 3.63) is 64.7 Å². The molecule has 0 unspecified atom stereocenters. The first-order valence-electron chi connectivity index (χ1n) is 6.09. The first kappa shape index (κ1) is 12.4. The van der Waals surface area contributed by atoms with E-state index in [0.717, 1.165) is 0 Å². The Morgan fingerprint density at radius 2 is 1.95 bits per heavy atom. The van der Waals surface area contributed by atoms with Crippen molar-refractivity contribution in [2.75, 3.05) is 0 Å². The van der Waals surface area contributed by atoms with Crippen LogP contribution in [0.1, 0.15) is 21.5 Å². The topological polar surface area (TPSA) is 46.5 Å². The molecule has 0 atom stereocenters. The highest BCUT2D eigenvalue weighted by Crippen LogP contribution is 2.38. The highest BCUT2D eigenvalue weighted by Gasteiger charge is 2.29. The van der Waals surface area contributed by atoms with Crippen molar-refractivity contribution in [2.24, 2.45) is 0 Å². The van der Waals surface area contributed by atoms with Gasteiger partial charge in [-0.15, -0.1) is 0 Å². The van der Waals surface area contributed by atoms with E-state index in [1.807, 2.05) is 0 Å². The van der Waals surface area contributed by atoms with Crippen LogP contribution in [0.15, 0.2) is 42.2 Å². The minimum atomic E-state index is -0.424. The van der Waals surface area contributed by atoms with E-state index >= 15 is 0 Å². The summed E-state index contributed by atoms with van der Waals surface area (Å²) in [6, 6.07) is 9.08. The van der Waals surface area contributed by atoms with Gasteiger partial charge in [0.2, 0.25) is 5.78 Å². The summed E-state index contributed by atoms with van der Waals surface area (Å²) in [5.74, 6) is -0.293. The van der Waals surface area contributed by atoms with Gasteiger partial charge in [-0.3, -0.25) is 4.79 Å². The van der Waals surface area contributed by atoms with Gasteiger partial charge >= 0.3 is 0 Å². The Morgan fingerprint density at radius 1 is 1.20 bits per heavy atom. The van der Waals surface area contributed by atoms with E-state index in [4.69, 9.17) is 4.74 Å². The molecular formula is C16H11FO3. The lowest BCUT2D eigenvalue weighted by Crippen LogP contribution is -1.98. The van der Waals surface area contributed by atoms with E-state index in [-0.39, 0.29) is 22.9 Å². The average Bonchev–Trinajstić information content (AvgIpc) is 2.75. The molecule has 2 aromatic rings. The predicted octanol–water partition coefficient (Wildman–Crippen LogP) is 3.46. The van der Waals surface area contributed by atoms with Gasteiger partial charge in [0.05, 0.1) is 5.56 Å². The molecule has 0 amide bonds. The number of halogens is 1. The van der Waals surface area contributed by atoms with Crippen LogP contribution in [-0.4, -0.2) is 10.9 Å². The van der Waals surface area contributed by atoms with E-state index in [1.54, 1.807) is 25.1 Å². The van der Waals surface area contributed by atoms with Crippen molar-refractivity contribution < 1.29 is 19.0 Å². The van der Waals surface area contributed by atoms with Crippen molar-refractivity contribution >= 4 is 11.9 Å². The summed E-state index contributed by atoms with van der Waals surface area (Å²) < 4.78 is 19.1. The zero-order valence-corrected chi connectivity index (χ0v) is 10.7. The SMILES string of the molecule is Cc1c(O)ccc2c1O/C(=C\c1ccccc1F)C2=O. The van der Waals surface area contributed by atoms with Gasteiger partial charge in [-0.25, -0.2) is 4.39 Å². The third-order valence-corrected chi connectivity index (χ3v) is 3.25. The van der Waals surface area contributed by atoms with Gasteiger partial charge in [0.25, 0.3) is 0 Å². The van der Waals surface area contributed by atoms with E-state index in [0.29, 0.717) is 16.9 Å². The maximum Gasteiger partial charge on any atom is 0.231 e. The number of ketones is 1. The number of carbonyl (C=O) groups is 1. The number of phenolic OH excluding ortho intramolecular Hbond substituents is 1. The lowest BCUT2D eigenvalue weighted by Gasteiger charge is -2.04. The van der Waals surface area contributed by atoms with Gasteiger partial charge in [-0.1, -0.05) is 18.2 Å². The summed E-state index contributed by atoms with van der Waals surface area (Å²) in [7, 11) is 0. The van der Waals surface area contributed by atoms with Crippen LogP contribution < -0.4 is 4.74 Å². The largest absolute Gasteiger partial charge is 0.508 e. The van der Waals surface area contributed by atoms with E-state index < -0.39 is 5.82 Å². The van der Waals surface area contributed by atoms with Gasteiger partial charge in [0.1, 0.15) is 17.3 Å². The predicted molar refractivity (Wildman–Crippen MR) is 72.2 cm³/mol. The summed E-state index contributed by atoms with van der Waals surface area (Å²) in [6.07, 6.45) is 1.37. The molecular weight excluding hydrogens is 259 g/mol. The van der Waals surface area contributed by atoms with Crippen molar-refractivity contribution in [3.8, 4) is 11.5 Å². The van der Waals surface area contributed by atoms with Crippen molar-refractivity contribution in [2.45, 2.75) is 6.92 Å². The highest BCUT2D eigenvalue weighted by molar-refractivity contribution is 6.14. The monoisotopic (exact) mass is 270 g/mol. The van der Waals surface area contributed by atoms with E-state index in [9.17, 15) is 14.3 Å². The fourth-order valence-corrected chi connectivity index (χ4v) is 2.11. The number of aromatic hydroxyl groups is 1. The Morgan fingerprint density at radius 3 is 2.70 bits per heavy atom. The molecule has 1 aliphatic heterocycles. The molecule has 4 heteroatoms. The number of hydrogen-bond donors (Lipinski definition) is 1. The quantitative estimate of drug-likeness (QED) is 0.807. The maximum atomic E-state index is 13.6. The fourth-order valence-electron chi connectivity index (χ4n) is 2.11. The normalized spacial score (nSPS) is 15.3. The Bertz CT molecular complexity index is 747. The molecule has 3 nitrogen and oxygen atoms in total. The van der Waals surface area contributed by atoms with Crippen LogP contribution in [0.5, 0.6) is 11.5 Å². The number of fused-ring (bicyclic) bond motifs is 1. The Kier molecular flexibility index (Phi) is 2.79. The Balaban J connectivity index is 2.07. The number of phenols is 1. The zero-order valence-electron chi connectivity index (χ0n) is 10.7. The lowest BCUT2D eigenvalue weighted by molar-refractivity contribution is 0.101. The first-order chi connectivity index (χ1) is 9.58. The summed E-state index contributed by atoms with van der Waals surface area (Å²) >= 11 is 0. The smallest absolute Gasteiger partial charge is 0.231 e. The van der Waals surface area contributed by atoms with Crippen molar-refractivity contribution in [3.63, 3.8) is 0 Å². The molecule has 1 N–H and O–H groups in total. The zero-order chi connectivity index (χ0) is 14.3. The van der Waals surface area contributed by atoms with Gasteiger partial charge in [-0.2, -0.15) is 0 Å². The number of hydrogen-bond acceptors (Lipinski definition) is 3. The van der Waals surface area contributed by atoms with Crippen molar-refractivity contribution in [1.82, 2.24) is 0 Å². The molecule has 0 aromatic heterocycles. The highest BCUT2D eigenvalue weighted by atomic mass is 19.1. The Hall–Kier alpha value is -2.62. The van der Waals surface area contributed by atoms with Crippen LogP contribution in [0.2, 0.25) is 0 Å². The van der Waals surface area contributed by atoms with Gasteiger partial charge in [0.15, 0.2) is 5.76 Å². The summed E-state index contributed by atoms with van der Waals surface area (Å²) in [5, 5.41) is 9.62. The number of Topliss-reactive ketones (excluding diaryl/α,β-unsaturated/α-hetero) is 1. The minimum absolute atomic E-state index is 0.0544. The van der Waals surface area contributed by atoms with Crippen LogP contribution >= 0.6 is 0 Å². The molecule has 20 heavy (non-hydrogen) atoms. The molecule has 0 radical (unpaired) electrons. The standard InChI is InChI=1S/C16H11FO3/c1-9-13(18)7-6-11-15(19)14(20-16(9)11)8-10-4-2-3-5-12(10)17/h2-8,18H,1H3/b14-8-. The second-order valence-electron chi connectivity index (χ2n) is 4.55. The van der Waals surface area contributed by atoms with Crippen LogP contribution in [0, 0.1) is 12.7 Å². The summed E-state index contributed by atoms with van der Waals surface area (Å²) in [5.41, 5.74) is 1.15. The van der Waals surface area contributed by atoms with Crippen LogP contribution in [0.4, 0.5) is 4.39 Å². The van der Waals surface area contributed by atoms with Gasteiger partial charge in [-0.05, 0) is 31.2 Å². The minimum Gasteiger partial charge on any atom is -0.508 e. The number of allylic oxidation sites excluding steroid dienone is 1. The molecule has 0 spiro atoms. The molecule has 0 aliphatic carbocycles. The van der Waals surface area contributed by atoms with E-state index in [1.165, 1.54) is 24.3 Å². The van der Waals surface area contributed by atoms with Crippen LogP contribution in [0.25, 0.3) is 6.08 Å². The van der Waals surface area contributed by atoms with Gasteiger partial charge in [0, 0.05) is 11.1 Å². The number of ether oxygens (including phenoxy) is 1.